The summed E-state index contributed by atoms with van der Waals surface area (Å²) in [4.78, 5) is 22.1. The molecule has 0 amide bonds. The Hall–Kier alpha value is -3.91. The number of benzene rings is 1. The molecule has 0 bridgehead atoms. The zero-order chi connectivity index (χ0) is 21.2. The third kappa shape index (κ3) is 4.19. The topological polar surface area (TPSA) is 95.4 Å². The summed E-state index contributed by atoms with van der Waals surface area (Å²) in [5.41, 5.74) is 8.09. The van der Waals surface area contributed by atoms with Crippen LogP contribution in [0, 0.1) is 0 Å². The van der Waals surface area contributed by atoms with Crippen molar-refractivity contribution in [2.75, 3.05) is 5.73 Å². The van der Waals surface area contributed by atoms with Gasteiger partial charge in [-0.05, 0) is 53.4 Å². The summed E-state index contributed by atoms with van der Waals surface area (Å²) in [7, 11) is 0. The maximum Gasteiger partial charge on any atom is 0.234 e. The highest BCUT2D eigenvalue weighted by Crippen LogP contribution is 2.22. The monoisotopic (exact) mass is 469 g/mol. The third-order valence-electron chi connectivity index (χ3n) is 4.64. The molecule has 5 aromatic rings. The van der Waals surface area contributed by atoms with E-state index in [4.69, 9.17) is 5.73 Å². The van der Waals surface area contributed by atoms with E-state index in [2.05, 4.69) is 53.0 Å². The molecular weight excluding hydrogens is 454 g/mol. The van der Waals surface area contributed by atoms with Crippen LogP contribution in [-0.4, -0.2) is 29.5 Å². The maximum absolute atomic E-state index is 5.73. The number of pyridine rings is 1. The number of anilines is 1. The number of rotatable bonds is 4. The fourth-order valence-corrected chi connectivity index (χ4v) is 3.54. The molecule has 0 aliphatic rings. The molecule has 5 rings (SSSR count). The molecule has 7 nitrogen and oxygen atoms in total. The van der Waals surface area contributed by atoms with Crippen LogP contribution in [-0.2, 0) is 0 Å². The van der Waals surface area contributed by atoms with Crippen LogP contribution >= 0.6 is 15.9 Å². The predicted molar refractivity (Wildman–Crippen MR) is 125 cm³/mol. The normalized spacial score (nSPS) is 11.4. The van der Waals surface area contributed by atoms with E-state index < -0.39 is 0 Å². The van der Waals surface area contributed by atoms with Gasteiger partial charge in [-0.3, -0.25) is 4.57 Å². The van der Waals surface area contributed by atoms with E-state index in [0.29, 0.717) is 23.3 Å². The zero-order valence-electron chi connectivity index (χ0n) is 16.2. The SMILES string of the molecule is Nc1cc(/C=C/c2ccnc(-c3ccnc(-n4cc5ccc(Br)cc5c4)n3)n2)ccn1. The molecule has 0 saturated heterocycles. The van der Waals surface area contributed by atoms with Gasteiger partial charge in [-0.15, -0.1) is 0 Å². The lowest BCUT2D eigenvalue weighted by Crippen LogP contribution is -2.01. The minimum absolute atomic E-state index is 0.476. The first-order valence-electron chi connectivity index (χ1n) is 9.48. The summed E-state index contributed by atoms with van der Waals surface area (Å²) in [5.74, 6) is 1.56. The summed E-state index contributed by atoms with van der Waals surface area (Å²) in [6.45, 7) is 0. The molecule has 0 spiro atoms. The standard InChI is InChI=1S/C23H16BrN7/c24-18-3-2-16-13-31(14-17(16)12-18)23-28-10-7-20(30-23)22-27-9-6-19(29-22)4-1-15-5-8-26-21(25)11-15/h1-14H,(H2,25,26)/b4-1+. The molecular formula is C23H16BrN7. The number of hydrogen-bond donors (Lipinski definition) is 1. The van der Waals surface area contributed by atoms with Gasteiger partial charge in [-0.1, -0.05) is 28.1 Å². The quantitative estimate of drug-likeness (QED) is 0.406. The Balaban J connectivity index is 1.46. The van der Waals surface area contributed by atoms with Gasteiger partial charge >= 0.3 is 0 Å². The Morgan fingerprint density at radius 1 is 0.806 bits per heavy atom. The van der Waals surface area contributed by atoms with Gasteiger partial charge in [0, 0.05) is 40.8 Å². The van der Waals surface area contributed by atoms with Crippen molar-refractivity contribution in [1.29, 1.82) is 0 Å². The lowest BCUT2D eigenvalue weighted by molar-refractivity contribution is 0.936. The number of hydrogen-bond acceptors (Lipinski definition) is 6. The molecule has 31 heavy (non-hydrogen) atoms. The van der Waals surface area contributed by atoms with Crippen LogP contribution in [0.5, 0.6) is 0 Å². The van der Waals surface area contributed by atoms with Crippen LogP contribution in [0.3, 0.4) is 0 Å². The smallest absolute Gasteiger partial charge is 0.234 e. The molecule has 0 fully saturated rings. The van der Waals surface area contributed by atoms with Crippen molar-refractivity contribution in [1.82, 2.24) is 29.5 Å². The Labute approximate surface area is 186 Å². The van der Waals surface area contributed by atoms with E-state index >= 15 is 0 Å². The van der Waals surface area contributed by atoms with E-state index in [1.807, 2.05) is 47.3 Å². The number of nitrogens with two attached hydrogens (primary N) is 1. The lowest BCUT2D eigenvalue weighted by Gasteiger charge is -2.04. The molecule has 0 radical (unpaired) electrons. The summed E-state index contributed by atoms with van der Waals surface area (Å²) < 4.78 is 2.93. The van der Waals surface area contributed by atoms with Crippen LogP contribution in [0.2, 0.25) is 0 Å². The van der Waals surface area contributed by atoms with Crippen molar-refractivity contribution in [3.05, 3.63) is 89.2 Å². The minimum atomic E-state index is 0.476. The van der Waals surface area contributed by atoms with Crippen molar-refractivity contribution < 1.29 is 0 Å². The second-order valence-corrected chi connectivity index (χ2v) is 7.75. The highest BCUT2D eigenvalue weighted by Gasteiger charge is 2.08. The van der Waals surface area contributed by atoms with Crippen molar-refractivity contribution >= 4 is 44.7 Å². The Kier molecular flexibility index (Phi) is 4.97. The summed E-state index contributed by atoms with van der Waals surface area (Å²) in [5, 5.41) is 2.21. The van der Waals surface area contributed by atoms with E-state index in [9.17, 15) is 0 Å². The molecule has 0 aliphatic heterocycles. The fraction of sp³-hybridized carbons (Fsp3) is 0. The molecule has 4 heterocycles. The van der Waals surface area contributed by atoms with Crippen LogP contribution in [0.1, 0.15) is 11.3 Å². The first-order chi connectivity index (χ1) is 15.1. The third-order valence-corrected chi connectivity index (χ3v) is 5.13. The van der Waals surface area contributed by atoms with Gasteiger partial charge in [0.15, 0.2) is 5.82 Å². The fourth-order valence-electron chi connectivity index (χ4n) is 3.16. The Morgan fingerprint density at radius 2 is 1.65 bits per heavy atom. The highest BCUT2D eigenvalue weighted by atomic mass is 79.9. The molecule has 0 unspecified atom stereocenters. The minimum Gasteiger partial charge on any atom is -0.384 e. The molecule has 1 aromatic carbocycles. The van der Waals surface area contributed by atoms with Gasteiger partial charge in [0.25, 0.3) is 0 Å². The predicted octanol–water partition coefficient (Wildman–Crippen LogP) is 4.79. The molecule has 0 saturated carbocycles. The van der Waals surface area contributed by atoms with Crippen molar-refractivity contribution in [2.24, 2.45) is 0 Å². The largest absolute Gasteiger partial charge is 0.384 e. The van der Waals surface area contributed by atoms with Crippen molar-refractivity contribution in [3.63, 3.8) is 0 Å². The first kappa shape index (κ1) is 19.1. The van der Waals surface area contributed by atoms with Crippen LogP contribution in [0.15, 0.2) is 77.9 Å². The number of halogens is 1. The Bertz CT molecular complexity index is 1420. The summed E-state index contributed by atoms with van der Waals surface area (Å²) >= 11 is 3.51. The number of fused-ring (bicyclic) bond motifs is 1. The van der Waals surface area contributed by atoms with Gasteiger partial charge < -0.3 is 5.73 Å². The van der Waals surface area contributed by atoms with E-state index in [1.54, 1.807) is 30.7 Å². The van der Waals surface area contributed by atoms with Gasteiger partial charge in [-0.25, -0.2) is 24.9 Å². The van der Waals surface area contributed by atoms with Crippen molar-refractivity contribution in [3.8, 4) is 17.5 Å². The van der Waals surface area contributed by atoms with E-state index in [0.717, 1.165) is 26.5 Å². The first-order valence-corrected chi connectivity index (χ1v) is 10.3. The molecule has 0 atom stereocenters. The van der Waals surface area contributed by atoms with Crippen molar-refractivity contribution in [2.45, 2.75) is 0 Å². The van der Waals surface area contributed by atoms with Crippen LogP contribution < -0.4 is 5.73 Å². The second-order valence-electron chi connectivity index (χ2n) is 6.83. The average Bonchev–Trinajstić information content (AvgIpc) is 3.21. The summed E-state index contributed by atoms with van der Waals surface area (Å²) in [6, 6.07) is 13.4. The van der Waals surface area contributed by atoms with Gasteiger partial charge in [-0.2, -0.15) is 0 Å². The maximum atomic E-state index is 5.73. The molecule has 4 aromatic heterocycles. The van der Waals surface area contributed by atoms with Gasteiger partial charge in [0.2, 0.25) is 5.95 Å². The number of nitrogens with zero attached hydrogens (tertiary/aromatic N) is 6. The molecule has 150 valence electrons. The lowest BCUT2D eigenvalue weighted by atomic mass is 10.2. The summed E-state index contributed by atoms with van der Waals surface area (Å²) in [6.07, 6.45) is 12.9. The zero-order valence-corrected chi connectivity index (χ0v) is 17.8. The second kappa shape index (κ2) is 8.08. The van der Waals surface area contributed by atoms with Gasteiger partial charge in [0.1, 0.15) is 11.5 Å². The number of aromatic nitrogens is 6. The number of nitrogen functional groups attached to an aromatic ring is 1. The van der Waals surface area contributed by atoms with Crippen LogP contribution in [0.4, 0.5) is 5.82 Å². The van der Waals surface area contributed by atoms with Gasteiger partial charge in [0.05, 0.1) is 5.69 Å². The Morgan fingerprint density at radius 3 is 2.55 bits per heavy atom. The van der Waals surface area contributed by atoms with Crippen LogP contribution in [0.25, 0.3) is 40.4 Å². The molecule has 8 heteroatoms. The van der Waals surface area contributed by atoms with E-state index in [-0.39, 0.29) is 0 Å². The molecule has 2 N–H and O–H groups in total. The van der Waals surface area contributed by atoms with E-state index in [1.165, 1.54) is 0 Å². The highest BCUT2D eigenvalue weighted by molar-refractivity contribution is 9.10. The molecule has 0 aliphatic carbocycles. The average molecular weight is 470 g/mol.